The number of benzene rings is 1. The van der Waals surface area contributed by atoms with Crippen LogP contribution in [0, 0.1) is 5.41 Å². The Morgan fingerprint density at radius 1 is 1.21 bits per heavy atom. The molecule has 0 spiro atoms. The highest BCUT2D eigenvalue weighted by Crippen LogP contribution is 2.35. The Hall–Kier alpha value is -1.02. The lowest BCUT2D eigenvalue weighted by molar-refractivity contribution is 0.207. The van der Waals surface area contributed by atoms with E-state index < -0.39 is 0 Å². The first-order valence-electron chi connectivity index (χ1n) is 7.82. The highest BCUT2D eigenvalue weighted by atomic mass is 14.9. The molecule has 0 atom stereocenters. The van der Waals surface area contributed by atoms with Crippen LogP contribution in [-0.2, 0) is 13.0 Å². The average Bonchev–Trinajstić information content (AvgIpc) is 2.87. The Morgan fingerprint density at radius 3 is 2.89 bits per heavy atom. The van der Waals surface area contributed by atoms with Gasteiger partial charge in [-0.25, -0.2) is 0 Å². The Kier molecular flexibility index (Phi) is 3.79. The maximum atomic E-state index is 3.68. The number of rotatable bonds is 4. The number of nitrogens with one attached hydrogen (secondary N) is 2. The van der Waals surface area contributed by atoms with Gasteiger partial charge in [-0.2, -0.15) is 0 Å². The van der Waals surface area contributed by atoms with E-state index in [1.807, 2.05) is 0 Å². The maximum Gasteiger partial charge on any atom is 0.0373 e. The molecule has 0 unspecified atom stereocenters. The first kappa shape index (κ1) is 13.0. The Labute approximate surface area is 117 Å². The summed E-state index contributed by atoms with van der Waals surface area (Å²) in [7, 11) is 0. The molecule has 2 N–H and O–H groups in total. The van der Waals surface area contributed by atoms with E-state index in [0.29, 0.717) is 5.41 Å². The van der Waals surface area contributed by atoms with Gasteiger partial charge in [0.25, 0.3) is 0 Å². The van der Waals surface area contributed by atoms with Crippen LogP contribution in [0.15, 0.2) is 18.2 Å². The Morgan fingerprint density at radius 2 is 2.05 bits per heavy atom. The molecule has 2 aliphatic rings. The SMILES string of the molecule is CC1(CNCc2ccc3c(c2)CCN3)CCCCC1. The standard InChI is InChI=1S/C17H26N2/c1-17(8-3-2-4-9-17)13-18-12-14-5-6-16-15(11-14)7-10-19-16/h5-6,11,18-19H,2-4,7-10,12-13H2,1H3. The minimum atomic E-state index is 0.538. The predicted octanol–water partition coefficient (Wildman–Crippen LogP) is 3.71. The molecule has 1 aliphatic heterocycles. The van der Waals surface area contributed by atoms with Gasteiger partial charge in [0.2, 0.25) is 0 Å². The summed E-state index contributed by atoms with van der Waals surface area (Å²) in [6, 6.07) is 6.86. The number of hydrogen-bond acceptors (Lipinski definition) is 2. The van der Waals surface area contributed by atoms with E-state index in [0.717, 1.165) is 13.1 Å². The van der Waals surface area contributed by atoms with Crippen LogP contribution in [0.3, 0.4) is 0 Å². The van der Waals surface area contributed by atoms with Gasteiger partial charge < -0.3 is 10.6 Å². The van der Waals surface area contributed by atoms with Crippen molar-refractivity contribution in [2.75, 3.05) is 18.4 Å². The molecular formula is C17H26N2. The molecule has 19 heavy (non-hydrogen) atoms. The molecule has 1 fully saturated rings. The zero-order chi connectivity index (χ0) is 13.1. The van der Waals surface area contributed by atoms with Crippen molar-refractivity contribution >= 4 is 5.69 Å². The summed E-state index contributed by atoms with van der Waals surface area (Å²) in [6.07, 6.45) is 8.25. The first-order chi connectivity index (χ1) is 9.25. The molecule has 3 rings (SSSR count). The lowest BCUT2D eigenvalue weighted by Crippen LogP contribution is -2.33. The van der Waals surface area contributed by atoms with Crippen molar-refractivity contribution < 1.29 is 0 Å². The molecule has 0 bridgehead atoms. The van der Waals surface area contributed by atoms with E-state index >= 15 is 0 Å². The van der Waals surface area contributed by atoms with Crippen LogP contribution in [0.5, 0.6) is 0 Å². The van der Waals surface area contributed by atoms with Crippen LogP contribution < -0.4 is 10.6 Å². The average molecular weight is 258 g/mol. The summed E-state index contributed by atoms with van der Waals surface area (Å²) in [6.45, 7) is 5.74. The molecular weight excluding hydrogens is 232 g/mol. The molecule has 0 amide bonds. The van der Waals surface area contributed by atoms with Gasteiger partial charge in [-0.1, -0.05) is 38.3 Å². The summed E-state index contributed by atoms with van der Waals surface area (Å²) >= 11 is 0. The second-order valence-electron chi connectivity index (χ2n) is 6.64. The first-order valence-corrected chi connectivity index (χ1v) is 7.82. The fraction of sp³-hybridized carbons (Fsp3) is 0.647. The number of fused-ring (bicyclic) bond motifs is 1. The normalized spacial score (nSPS) is 20.9. The fourth-order valence-electron chi connectivity index (χ4n) is 3.56. The van der Waals surface area contributed by atoms with E-state index in [2.05, 4.69) is 35.8 Å². The van der Waals surface area contributed by atoms with E-state index in [9.17, 15) is 0 Å². The van der Waals surface area contributed by atoms with Crippen LogP contribution in [0.1, 0.15) is 50.2 Å². The molecule has 0 aromatic heterocycles. The summed E-state index contributed by atoms with van der Waals surface area (Å²) in [4.78, 5) is 0. The summed E-state index contributed by atoms with van der Waals surface area (Å²) in [5.41, 5.74) is 4.80. The minimum Gasteiger partial charge on any atom is -0.384 e. The molecule has 1 aliphatic carbocycles. The molecule has 1 aromatic rings. The molecule has 2 nitrogen and oxygen atoms in total. The molecule has 0 radical (unpaired) electrons. The van der Waals surface area contributed by atoms with Crippen LogP contribution in [-0.4, -0.2) is 13.1 Å². The zero-order valence-electron chi connectivity index (χ0n) is 12.1. The van der Waals surface area contributed by atoms with Gasteiger partial charge in [0.15, 0.2) is 0 Å². The molecule has 2 heteroatoms. The lowest BCUT2D eigenvalue weighted by atomic mass is 9.76. The number of anilines is 1. The van der Waals surface area contributed by atoms with Gasteiger partial charge in [0.05, 0.1) is 0 Å². The van der Waals surface area contributed by atoms with E-state index in [4.69, 9.17) is 0 Å². The monoisotopic (exact) mass is 258 g/mol. The minimum absolute atomic E-state index is 0.538. The van der Waals surface area contributed by atoms with E-state index in [1.165, 1.54) is 61.9 Å². The lowest BCUT2D eigenvalue weighted by Gasteiger charge is -2.33. The topological polar surface area (TPSA) is 24.1 Å². The van der Waals surface area contributed by atoms with Crippen molar-refractivity contribution in [1.82, 2.24) is 5.32 Å². The second kappa shape index (κ2) is 5.54. The highest BCUT2D eigenvalue weighted by Gasteiger charge is 2.25. The van der Waals surface area contributed by atoms with Crippen molar-refractivity contribution in [2.24, 2.45) is 5.41 Å². The zero-order valence-corrected chi connectivity index (χ0v) is 12.1. The quantitative estimate of drug-likeness (QED) is 0.860. The summed E-state index contributed by atoms with van der Waals surface area (Å²) in [5.74, 6) is 0. The molecule has 1 saturated carbocycles. The Balaban J connectivity index is 1.52. The maximum absolute atomic E-state index is 3.68. The van der Waals surface area contributed by atoms with Gasteiger partial charge in [-0.3, -0.25) is 0 Å². The van der Waals surface area contributed by atoms with E-state index in [-0.39, 0.29) is 0 Å². The van der Waals surface area contributed by atoms with Crippen molar-refractivity contribution in [3.63, 3.8) is 0 Å². The van der Waals surface area contributed by atoms with Crippen molar-refractivity contribution in [3.05, 3.63) is 29.3 Å². The van der Waals surface area contributed by atoms with Crippen LogP contribution in [0.4, 0.5) is 5.69 Å². The third kappa shape index (κ3) is 3.11. The molecule has 104 valence electrons. The van der Waals surface area contributed by atoms with Crippen LogP contribution in [0.25, 0.3) is 0 Å². The van der Waals surface area contributed by atoms with Crippen LogP contribution >= 0.6 is 0 Å². The van der Waals surface area contributed by atoms with Crippen molar-refractivity contribution in [1.29, 1.82) is 0 Å². The highest BCUT2D eigenvalue weighted by molar-refractivity contribution is 5.56. The molecule has 0 saturated heterocycles. The summed E-state index contributed by atoms with van der Waals surface area (Å²) < 4.78 is 0. The third-order valence-electron chi connectivity index (χ3n) is 4.82. The fourth-order valence-corrected chi connectivity index (χ4v) is 3.56. The van der Waals surface area contributed by atoms with Gasteiger partial charge in [0.1, 0.15) is 0 Å². The largest absolute Gasteiger partial charge is 0.384 e. The van der Waals surface area contributed by atoms with Gasteiger partial charge in [-0.05, 0) is 41.9 Å². The van der Waals surface area contributed by atoms with Gasteiger partial charge in [-0.15, -0.1) is 0 Å². The van der Waals surface area contributed by atoms with Gasteiger partial charge in [0, 0.05) is 25.3 Å². The van der Waals surface area contributed by atoms with E-state index in [1.54, 1.807) is 0 Å². The molecule has 1 aromatic carbocycles. The smallest absolute Gasteiger partial charge is 0.0373 e. The van der Waals surface area contributed by atoms with Crippen LogP contribution in [0.2, 0.25) is 0 Å². The summed E-state index contributed by atoms with van der Waals surface area (Å²) in [5, 5.41) is 7.10. The molecule has 1 heterocycles. The predicted molar refractivity (Wildman–Crippen MR) is 81.5 cm³/mol. The Bertz CT molecular complexity index is 433. The van der Waals surface area contributed by atoms with Crippen molar-refractivity contribution in [3.8, 4) is 0 Å². The number of hydrogen-bond donors (Lipinski definition) is 2. The second-order valence-corrected chi connectivity index (χ2v) is 6.64. The van der Waals surface area contributed by atoms with Gasteiger partial charge >= 0.3 is 0 Å². The van der Waals surface area contributed by atoms with Crippen molar-refractivity contribution in [2.45, 2.75) is 52.0 Å². The third-order valence-corrected chi connectivity index (χ3v) is 4.82.